The molecule has 0 bridgehead atoms. The van der Waals surface area contributed by atoms with Crippen molar-refractivity contribution in [3.63, 3.8) is 0 Å². The van der Waals surface area contributed by atoms with Crippen LogP contribution in [0.4, 0.5) is 13.2 Å². The number of piperidine rings is 1. The van der Waals surface area contributed by atoms with E-state index in [0.717, 1.165) is 37.6 Å². The van der Waals surface area contributed by atoms with Crippen molar-refractivity contribution in [3.8, 4) is 6.07 Å². The second-order valence-corrected chi connectivity index (χ2v) is 9.60. The normalized spacial score (nSPS) is 22.2. The van der Waals surface area contributed by atoms with Crippen LogP contribution in [0.25, 0.3) is 0 Å². The first-order chi connectivity index (χ1) is 13.4. The van der Waals surface area contributed by atoms with Crippen molar-refractivity contribution in [1.82, 2.24) is 18.9 Å². The molecule has 10 nitrogen and oxygen atoms in total. The summed E-state index contributed by atoms with van der Waals surface area (Å²) in [5.74, 6) is -0.975. The lowest BCUT2D eigenvalue weighted by molar-refractivity contribution is -0.192. The van der Waals surface area contributed by atoms with Crippen LogP contribution < -0.4 is 0 Å². The molecule has 0 amide bonds. The average Bonchev–Trinajstić information content (AvgIpc) is 3.27. The number of carbonyl (C=O) groups is 1. The number of nitrogens with zero attached hydrogens (tertiary/aromatic N) is 5. The number of hydrogen-bond acceptors (Lipinski definition) is 7. The lowest BCUT2D eigenvalue weighted by atomic mass is 10.1. The Kier molecular flexibility index (Phi) is 7.71. The largest absolute Gasteiger partial charge is 0.490 e. The SMILES string of the molecule is CS(=O)(=O)N1CCC(n2on2CCN2CSCC2C#N)CC1.O=C(O)C(F)(F)F. The number of carboxylic acid groups (broad SMARTS) is 1. The van der Waals surface area contributed by atoms with Crippen LogP contribution in [-0.2, 0) is 21.4 Å². The van der Waals surface area contributed by atoms with Crippen LogP contribution >= 0.6 is 11.8 Å². The molecular formula is C14H22F3N5O5S2. The minimum Gasteiger partial charge on any atom is -0.475 e. The van der Waals surface area contributed by atoms with Crippen molar-refractivity contribution in [2.24, 2.45) is 0 Å². The van der Waals surface area contributed by atoms with E-state index in [2.05, 4.69) is 11.0 Å². The van der Waals surface area contributed by atoms with Crippen LogP contribution in [0.15, 0.2) is 4.63 Å². The third kappa shape index (κ3) is 6.98. The number of halogens is 3. The van der Waals surface area contributed by atoms with Gasteiger partial charge >= 0.3 is 12.1 Å². The average molecular weight is 461 g/mol. The van der Waals surface area contributed by atoms with Gasteiger partial charge in [0.1, 0.15) is 6.04 Å². The zero-order valence-electron chi connectivity index (χ0n) is 15.6. The van der Waals surface area contributed by atoms with Crippen LogP contribution in [0.3, 0.4) is 0 Å². The molecule has 1 atom stereocenters. The Hall–Kier alpha value is -1.63. The number of sulfonamides is 1. The highest BCUT2D eigenvalue weighted by Crippen LogP contribution is 2.26. The molecule has 1 aromatic rings. The summed E-state index contributed by atoms with van der Waals surface area (Å²) in [7, 11) is -3.08. The molecule has 2 fully saturated rings. The Balaban J connectivity index is 0.000000370. The molecule has 166 valence electrons. The fourth-order valence-electron chi connectivity index (χ4n) is 2.89. The Bertz CT molecular complexity index is 817. The fraction of sp³-hybridized carbons (Fsp3) is 0.857. The third-order valence-corrected chi connectivity index (χ3v) is 6.89. The van der Waals surface area contributed by atoms with Crippen LogP contribution in [0.2, 0.25) is 0 Å². The molecule has 0 aromatic carbocycles. The van der Waals surface area contributed by atoms with Gasteiger partial charge < -0.3 is 5.11 Å². The van der Waals surface area contributed by atoms with Crippen molar-refractivity contribution in [2.75, 3.05) is 37.5 Å². The van der Waals surface area contributed by atoms with Crippen molar-refractivity contribution in [2.45, 2.75) is 37.6 Å². The number of thioether (sulfide) groups is 1. The van der Waals surface area contributed by atoms with Gasteiger partial charge in [-0.3, -0.25) is 9.53 Å². The zero-order valence-corrected chi connectivity index (χ0v) is 17.2. The summed E-state index contributed by atoms with van der Waals surface area (Å²) in [5.41, 5.74) is 0. The molecular weight excluding hydrogens is 439 g/mol. The molecule has 0 radical (unpaired) electrons. The van der Waals surface area contributed by atoms with Crippen LogP contribution in [0.5, 0.6) is 0 Å². The van der Waals surface area contributed by atoms with E-state index in [1.54, 1.807) is 11.8 Å². The fourth-order valence-corrected chi connectivity index (χ4v) is 4.93. The molecule has 1 aromatic heterocycles. The zero-order chi connectivity index (χ0) is 21.8. The van der Waals surface area contributed by atoms with Gasteiger partial charge in [-0.1, -0.05) is 9.71 Å². The van der Waals surface area contributed by atoms with Gasteiger partial charge in [0.05, 0.1) is 24.9 Å². The highest BCUT2D eigenvalue weighted by molar-refractivity contribution is 7.99. The van der Waals surface area contributed by atoms with E-state index < -0.39 is 22.2 Å². The highest BCUT2D eigenvalue weighted by Gasteiger charge is 2.38. The number of carboxylic acids is 1. The molecule has 2 aliphatic rings. The highest BCUT2D eigenvalue weighted by atomic mass is 32.2. The van der Waals surface area contributed by atoms with Crippen molar-refractivity contribution in [3.05, 3.63) is 0 Å². The molecule has 0 saturated carbocycles. The molecule has 2 saturated heterocycles. The molecule has 0 aliphatic carbocycles. The van der Waals surface area contributed by atoms with E-state index in [-0.39, 0.29) is 12.1 Å². The second-order valence-electron chi connectivity index (χ2n) is 6.61. The van der Waals surface area contributed by atoms with Gasteiger partial charge in [-0.15, -0.1) is 11.8 Å². The number of hydrogen-bond donors (Lipinski definition) is 1. The number of alkyl halides is 3. The van der Waals surface area contributed by atoms with Gasteiger partial charge in [0.15, 0.2) is 0 Å². The van der Waals surface area contributed by atoms with E-state index in [9.17, 15) is 21.6 Å². The van der Waals surface area contributed by atoms with Gasteiger partial charge in [-0.25, -0.2) is 17.5 Å². The molecule has 29 heavy (non-hydrogen) atoms. The summed E-state index contributed by atoms with van der Waals surface area (Å²) in [6.07, 6.45) is -2.26. The quantitative estimate of drug-likeness (QED) is 0.689. The summed E-state index contributed by atoms with van der Waals surface area (Å²) >= 11 is 1.79. The second kappa shape index (κ2) is 9.45. The molecule has 0 spiro atoms. The lowest BCUT2D eigenvalue weighted by Crippen LogP contribution is -2.38. The topological polar surface area (TPSA) is 125 Å². The van der Waals surface area contributed by atoms with Gasteiger partial charge in [-0.05, 0) is 12.8 Å². The summed E-state index contributed by atoms with van der Waals surface area (Å²) < 4.78 is 61.7. The number of aliphatic carboxylic acids is 1. The number of nitriles is 1. The summed E-state index contributed by atoms with van der Waals surface area (Å²) in [5, 5.41) is 16.2. The smallest absolute Gasteiger partial charge is 0.475 e. The Labute approximate surface area is 169 Å². The van der Waals surface area contributed by atoms with Crippen molar-refractivity contribution >= 4 is 27.8 Å². The molecule has 2 aliphatic heterocycles. The van der Waals surface area contributed by atoms with E-state index in [0.29, 0.717) is 13.1 Å². The van der Waals surface area contributed by atoms with Crippen LogP contribution in [0, 0.1) is 11.3 Å². The van der Waals surface area contributed by atoms with Gasteiger partial charge in [0.2, 0.25) is 10.0 Å². The van der Waals surface area contributed by atoms with Crippen LogP contribution in [-0.4, -0.2) is 88.1 Å². The van der Waals surface area contributed by atoms with Crippen molar-refractivity contribution in [1.29, 1.82) is 5.26 Å². The minimum atomic E-state index is -5.08. The number of rotatable bonds is 5. The maximum atomic E-state index is 11.5. The van der Waals surface area contributed by atoms with Crippen molar-refractivity contribution < 1.29 is 36.1 Å². The molecule has 1 N–H and O–H groups in total. The Morgan fingerprint density at radius 3 is 2.38 bits per heavy atom. The Morgan fingerprint density at radius 2 is 1.90 bits per heavy atom. The molecule has 3 heterocycles. The van der Waals surface area contributed by atoms with E-state index >= 15 is 0 Å². The summed E-state index contributed by atoms with van der Waals surface area (Å²) in [6.45, 7) is 2.65. The molecule has 15 heteroatoms. The monoisotopic (exact) mass is 461 g/mol. The van der Waals surface area contributed by atoms with Crippen LogP contribution in [0.1, 0.15) is 18.9 Å². The minimum absolute atomic E-state index is 0.0106. The first kappa shape index (κ1) is 23.6. The first-order valence-electron chi connectivity index (χ1n) is 8.65. The predicted octanol–water partition coefficient (Wildman–Crippen LogP) is 1.01. The maximum absolute atomic E-state index is 11.5. The Morgan fingerprint density at radius 1 is 1.31 bits per heavy atom. The summed E-state index contributed by atoms with van der Waals surface area (Å²) in [6, 6.07) is 2.58. The molecule has 1 unspecified atom stereocenters. The predicted molar refractivity (Wildman–Crippen MR) is 96.5 cm³/mol. The summed E-state index contributed by atoms with van der Waals surface area (Å²) in [4.78, 5) is 14.7. The molecule has 3 rings (SSSR count). The standard InChI is InChI=1S/C12H21N5O3S2.C2HF3O2/c1-22(18,19)15-4-2-11(3-5-15)17-16(20-17)7-6-14-10-21-9-12(14)8-13;3-2(4,5)1(6)7/h11-12H,2-7,9-10H2,1H3;(H,6,7). The van der Waals surface area contributed by atoms with Gasteiger partial charge in [0, 0.05) is 31.3 Å². The first-order valence-corrected chi connectivity index (χ1v) is 11.6. The van der Waals surface area contributed by atoms with Gasteiger partial charge in [-0.2, -0.15) is 18.4 Å². The van der Waals surface area contributed by atoms with E-state index in [1.165, 1.54) is 10.6 Å². The maximum Gasteiger partial charge on any atom is 0.490 e. The number of aromatic nitrogens is 2. The van der Waals surface area contributed by atoms with E-state index in [1.807, 2.05) is 9.71 Å². The third-order valence-electron chi connectivity index (χ3n) is 4.52. The van der Waals surface area contributed by atoms with E-state index in [4.69, 9.17) is 19.8 Å². The van der Waals surface area contributed by atoms with Gasteiger partial charge in [0.25, 0.3) is 0 Å². The lowest BCUT2D eigenvalue weighted by Gasteiger charge is -2.27.